The summed E-state index contributed by atoms with van der Waals surface area (Å²) in [6, 6.07) is 9.37. The van der Waals surface area contributed by atoms with Gasteiger partial charge in [-0.3, -0.25) is 5.41 Å². The van der Waals surface area contributed by atoms with Crippen LogP contribution >= 0.6 is 11.7 Å². The number of nitrogens with zero attached hydrogens (tertiary/aromatic N) is 4. The van der Waals surface area contributed by atoms with Crippen LogP contribution in [0.25, 0.3) is 16.7 Å². The maximum atomic E-state index is 8.04. The first-order valence-electron chi connectivity index (χ1n) is 4.88. The lowest BCUT2D eigenvalue weighted by Gasteiger charge is -2.06. The SMILES string of the molecule is N=c1c2nsnc2c(N)nn1-c1ccccc1. The van der Waals surface area contributed by atoms with Crippen LogP contribution < -0.4 is 11.2 Å². The highest BCUT2D eigenvalue weighted by Crippen LogP contribution is 2.13. The van der Waals surface area contributed by atoms with Gasteiger partial charge >= 0.3 is 0 Å². The maximum Gasteiger partial charge on any atom is 0.176 e. The minimum Gasteiger partial charge on any atom is -0.380 e. The van der Waals surface area contributed by atoms with Crippen LogP contribution in [0, 0.1) is 5.41 Å². The molecule has 3 rings (SSSR count). The van der Waals surface area contributed by atoms with Crippen LogP contribution in [0.1, 0.15) is 0 Å². The molecule has 6 nitrogen and oxygen atoms in total. The van der Waals surface area contributed by atoms with Gasteiger partial charge in [-0.1, -0.05) is 18.2 Å². The number of hydrogen-bond acceptors (Lipinski definition) is 6. The molecule has 1 aromatic carbocycles. The zero-order valence-electron chi connectivity index (χ0n) is 8.66. The molecule has 7 heteroatoms. The number of benzene rings is 1. The Morgan fingerprint density at radius 3 is 2.59 bits per heavy atom. The molecule has 0 aliphatic rings. The topological polar surface area (TPSA) is 93.5 Å². The molecule has 0 amide bonds. The third kappa shape index (κ3) is 1.48. The van der Waals surface area contributed by atoms with E-state index in [1.807, 2.05) is 30.3 Å². The van der Waals surface area contributed by atoms with Gasteiger partial charge in [0.1, 0.15) is 0 Å². The molecule has 0 saturated carbocycles. The highest BCUT2D eigenvalue weighted by Gasteiger charge is 2.10. The molecule has 0 spiro atoms. The van der Waals surface area contributed by atoms with Crippen molar-refractivity contribution in [1.82, 2.24) is 18.5 Å². The predicted molar refractivity (Wildman–Crippen MR) is 64.8 cm³/mol. The molecule has 17 heavy (non-hydrogen) atoms. The van der Waals surface area contributed by atoms with Crippen molar-refractivity contribution in [3.8, 4) is 5.69 Å². The molecule has 0 aliphatic carbocycles. The summed E-state index contributed by atoms with van der Waals surface area (Å²) in [6.07, 6.45) is 0. The van der Waals surface area contributed by atoms with E-state index in [1.165, 1.54) is 4.68 Å². The minimum absolute atomic E-state index is 0.189. The van der Waals surface area contributed by atoms with E-state index in [0.717, 1.165) is 17.4 Å². The summed E-state index contributed by atoms with van der Waals surface area (Å²) in [4.78, 5) is 0. The fourth-order valence-electron chi connectivity index (χ4n) is 1.57. The van der Waals surface area contributed by atoms with E-state index < -0.39 is 0 Å². The largest absolute Gasteiger partial charge is 0.380 e. The molecule has 0 saturated heterocycles. The van der Waals surface area contributed by atoms with Gasteiger partial charge in [-0.05, 0) is 12.1 Å². The Kier molecular flexibility index (Phi) is 2.12. The second-order valence-electron chi connectivity index (χ2n) is 3.44. The van der Waals surface area contributed by atoms with Crippen LogP contribution in [0.5, 0.6) is 0 Å². The molecule has 0 atom stereocenters. The number of nitrogens with two attached hydrogens (primary N) is 1. The summed E-state index contributed by atoms with van der Waals surface area (Å²) in [7, 11) is 0. The summed E-state index contributed by atoms with van der Waals surface area (Å²) >= 11 is 1.03. The van der Waals surface area contributed by atoms with Gasteiger partial charge < -0.3 is 5.73 Å². The quantitative estimate of drug-likeness (QED) is 0.666. The van der Waals surface area contributed by atoms with Crippen LogP contribution in [-0.4, -0.2) is 18.5 Å². The molecule has 3 N–H and O–H groups in total. The van der Waals surface area contributed by atoms with Crippen molar-refractivity contribution in [2.24, 2.45) is 0 Å². The van der Waals surface area contributed by atoms with E-state index in [0.29, 0.717) is 11.0 Å². The summed E-state index contributed by atoms with van der Waals surface area (Å²) in [5, 5.41) is 12.2. The van der Waals surface area contributed by atoms with Crippen molar-refractivity contribution in [3.05, 3.63) is 35.8 Å². The van der Waals surface area contributed by atoms with Crippen LogP contribution in [0.3, 0.4) is 0 Å². The van der Waals surface area contributed by atoms with Crippen LogP contribution in [0.2, 0.25) is 0 Å². The van der Waals surface area contributed by atoms with Crippen LogP contribution in [-0.2, 0) is 0 Å². The highest BCUT2D eigenvalue weighted by atomic mass is 32.1. The van der Waals surface area contributed by atoms with E-state index in [1.54, 1.807) is 0 Å². The van der Waals surface area contributed by atoms with Crippen LogP contribution in [0.15, 0.2) is 30.3 Å². The van der Waals surface area contributed by atoms with Gasteiger partial charge in [-0.15, -0.1) is 5.10 Å². The van der Waals surface area contributed by atoms with Crippen molar-refractivity contribution >= 4 is 28.6 Å². The number of aromatic nitrogens is 4. The van der Waals surface area contributed by atoms with Crippen molar-refractivity contribution in [2.45, 2.75) is 0 Å². The highest BCUT2D eigenvalue weighted by molar-refractivity contribution is 7.00. The molecular formula is C10H8N6S. The van der Waals surface area contributed by atoms with Gasteiger partial charge in [0, 0.05) is 0 Å². The first kappa shape index (κ1) is 9.91. The zero-order valence-corrected chi connectivity index (χ0v) is 9.48. The molecule has 84 valence electrons. The third-order valence-corrected chi connectivity index (χ3v) is 2.90. The Balaban J connectivity index is 2.39. The van der Waals surface area contributed by atoms with Gasteiger partial charge in [0.25, 0.3) is 0 Å². The Bertz CT molecular complexity index is 729. The van der Waals surface area contributed by atoms with E-state index in [-0.39, 0.29) is 11.3 Å². The summed E-state index contributed by atoms with van der Waals surface area (Å²) in [5.41, 5.74) is 7.73. The second-order valence-corrected chi connectivity index (χ2v) is 3.97. The number of anilines is 1. The molecular weight excluding hydrogens is 236 g/mol. The number of hydrogen-bond donors (Lipinski definition) is 2. The zero-order chi connectivity index (χ0) is 11.8. The Labute approximate surface area is 100 Å². The second kappa shape index (κ2) is 3.63. The number of nitrogen functional groups attached to an aromatic ring is 1. The molecule has 0 radical (unpaired) electrons. The Morgan fingerprint density at radius 2 is 1.82 bits per heavy atom. The van der Waals surface area contributed by atoms with Gasteiger partial charge in [0.15, 0.2) is 22.3 Å². The van der Waals surface area contributed by atoms with Gasteiger partial charge in [0.2, 0.25) is 0 Å². The average molecular weight is 244 g/mol. The fraction of sp³-hybridized carbons (Fsp3) is 0. The lowest BCUT2D eigenvalue weighted by molar-refractivity contribution is 0.792. The van der Waals surface area contributed by atoms with Gasteiger partial charge in [0.05, 0.1) is 17.4 Å². The first-order valence-corrected chi connectivity index (χ1v) is 5.61. The summed E-state index contributed by atoms with van der Waals surface area (Å²) in [5.74, 6) is 0.286. The normalized spacial score (nSPS) is 10.8. The first-order chi connectivity index (χ1) is 8.27. The third-order valence-electron chi connectivity index (χ3n) is 2.38. The van der Waals surface area contributed by atoms with E-state index in [2.05, 4.69) is 13.8 Å². The summed E-state index contributed by atoms with van der Waals surface area (Å²) < 4.78 is 9.55. The van der Waals surface area contributed by atoms with Crippen molar-refractivity contribution < 1.29 is 0 Å². The molecule has 2 aromatic heterocycles. The van der Waals surface area contributed by atoms with E-state index >= 15 is 0 Å². The number of nitrogens with one attached hydrogen (secondary N) is 1. The Hall–Kier alpha value is -2.28. The summed E-state index contributed by atoms with van der Waals surface area (Å²) in [6.45, 7) is 0. The van der Waals surface area contributed by atoms with Gasteiger partial charge in [-0.2, -0.15) is 8.75 Å². The minimum atomic E-state index is 0.189. The average Bonchev–Trinajstić information content (AvgIpc) is 2.85. The molecule has 0 aliphatic heterocycles. The standard InChI is InChI=1S/C10H8N6S/c11-9-7-8(15-17-14-7)10(12)16(13-9)6-4-2-1-3-5-6/h1-5,12H,(H2,11,13). The molecule has 0 unspecified atom stereocenters. The predicted octanol–water partition coefficient (Wildman–Crippen LogP) is 0.939. The van der Waals surface area contributed by atoms with Crippen molar-refractivity contribution in [1.29, 1.82) is 5.41 Å². The lowest BCUT2D eigenvalue weighted by atomic mass is 10.3. The van der Waals surface area contributed by atoms with E-state index in [9.17, 15) is 0 Å². The monoisotopic (exact) mass is 244 g/mol. The number of fused-ring (bicyclic) bond motifs is 1. The smallest absolute Gasteiger partial charge is 0.176 e. The van der Waals surface area contributed by atoms with Gasteiger partial charge in [-0.25, -0.2) is 4.68 Å². The van der Waals surface area contributed by atoms with Crippen molar-refractivity contribution in [3.63, 3.8) is 0 Å². The van der Waals surface area contributed by atoms with E-state index in [4.69, 9.17) is 11.1 Å². The molecule has 2 heterocycles. The molecule has 0 bridgehead atoms. The van der Waals surface area contributed by atoms with Crippen LogP contribution in [0.4, 0.5) is 5.82 Å². The molecule has 3 aromatic rings. The maximum absolute atomic E-state index is 8.04. The lowest BCUT2D eigenvalue weighted by Crippen LogP contribution is -2.23. The number of para-hydroxylation sites is 1. The number of rotatable bonds is 1. The fourth-order valence-corrected chi connectivity index (χ4v) is 2.13. The molecule has 0 fully saturated rings. The van der Waals surface area contributed by atoms with Crippen molar-refractivity contribution in [2.75, 3.05) is 5.73 Å². The Morgan fingerprint density at radius 1 is 1.12 bits per heavy atom.